The van der Waals surface area contributed by atoms with E-state index in [-0.39, 0.29) is 16.7 Å². The Morgan fingerprint density at radius 2 is 2.11 bits per heavy atom. The number of nitrogens with zero attached hydrogens (tertiary/aromatic N) is 1. The van der Waals surface area contributed by atoms with Crippen LogP contribution in [0.1, 0.15) is 18.4 Å². The molecule has 0 spiro atoms. The van der Waals surface area contributed by atoms with Crippen LogP contribution in [0, 0.1) is 11.3 Å². The summed E-state index contributed by atoms with van der Waals surface area (Å²) in [6.45, 7) is 0.818. The first-order valence-corrected chi connectivity index (χ1v) is 7.82. The second-order valence-corrected chi connectivity index (χ2v) is 6.72. The maximum atomic E-state index is 12.1. The highest BCUT2D eigenvalue weighted by Gasteiger charge is 2.28. The third kappa shape index (κ3) is 3.32. The summed E-state index contributed by atoms with van der Waals surface area (Å²) >= 11 is 0. The molecule has 0 saturated carbocycles. The van der Waals surface area contributed by atoms with Crippen LogP contribution < -0.4 is 5.32 Å². The molecule has 1 aliphatic rings. The van der Waals surface area contributed by atoms with Crippen molar-refractivity contribution in [3.05, 3.63) is 29.8 Å². The van der Waals surface area contributed by atoms with Crippen molar-refractivity contribution in [2.75, 3.05) is 12.3 Å². The number of aliphatic hydroxyl groups is 1. The van der Waals surface area contributed by atoms with Crippen LogP contribution in [0.2, 0.25) is 0 Å². The molecule has 1 aliphatic heterocycles. The van der Waals surface area contributed by atoms with E-state index in [0.717, 1.165) is 19.4 Å². The van der Waals surface area contributed by atoms with Crippen LogP contribution >= 0.6 is 0 Å². The number of benzene rings is 1. The fourth-order valence-electron chi connectivity index (χ4n) is 2.21. The van der Waals surface area contributed by atoms with Crippen LogP contribution in [0.3, 0.4) is 0 Å². The Bertz CT molecular complexity index is 569. The zero-order chi connectivity index (χ0) is 13.9. The van der Waals surface area contributed by atoms with Crippen LogP contribution in [0.5, 0.6) is 0 Å². The van der Waals surface area contributed by atoms with Gasteiger partial charge in [0.1, 0.15) is 0 Å². The van der Waals surface area contributed by atoms with Gasteiger partial charge < -0.3 is 10.4 Å². The minimum absolute atomic E-state index is 0.142. The zero-order valence-electron chi connectivity index (χ0n) is 10.4. The maximum absolute atomic E-state index is 12.1. The Kier molecular flexibility index (Phi) is 4.20. The van der Waals surface area contributed by atoms with Gasteiger partial charge in [0.05, 0.1) is 28.4 Å². The van der Waals surface area contributed by atoms with E-state index < -0.39 is 15.9 Å². The van der Waals surface area contributed by atoms with Gasteiger partial charge in [-0.05, 0) is 43.7 Å². The Labute approximate surface area is 112 Å². The molecule has 1 fully saturated rings. The largest absolute Gasteiger partial charge is 0.390 e. The van der Waals surface area contributed by atoms with Gasteiger partial charge in [-0.25, -0.2) is 8.42 Å². The van der Waals surface area contributed by atoms with Gasteiger partial charge in [-0.15, -0.1) is 0 Å². The van der Waals surface area contributed by atoms with Crippen LogP contribution in [-0.2, 0) is 9.84 Å². The molecule has 1 aromatic rings. The molecule has 102 valence electrons. The van der Waals surface area contributed by atoms with Gasteiger partial charge in [0, 0.05) is 6.04 Å². The highest BCUT2D eigenvalue weighted by Crippen LogP contribution is 2.17. The average Bonchev–Trinajstić information content (AvgIpc) is 2.92. The third-order valence-corrected chi connectivity index (χ3v) is 5.07. The van der Waals surface area contributed by atoms with Gasteiger partial charge in [-0.1, -0.05) is 0 Å². The normalized spacial score (nSPS) is 20.9. The van der Waals surface area contributed by atoms with E-state index in [1.807, 2.05) is 6.07 Å². The van der Waals surface area contributed by atoms with Crippen LogP contribution in [-0.4, -0.2) is 38.0 Å². The predicted molar refractivity (Wildman–Crippen MR) is 70.2 cm³/mol. The fourth-order valence-corrected chi connectivity index (χ4v) is 3.64. The number of nitrogens with one attached hydrogen (secondary N) is 1. The molecule has 2 rings (SSSR count). The first-order valence-electron chi connectivity index (χ1n) is 6.17. The number of sulfone groups is 1. The molecular weight excluding hydrogens is 264 g/mol. The van der Waals surface area contributed by atoms with Gasteiger partial charge in [0.2, 0.25) is 0 Å². The van der Waals surface area contributed by atoms with Crippen molar-refractivity contribution >= 4 is 9.84 Å². The average molecular weight is 280 g/mol. The lowest BCUT2D eigenvalue weighted by Crippen LogP contribution is -2.39. The first-order chi connectivity index (χ1) is 9.03. The molecule has 0 bridgehead atoms. The van der Waals surface area contributed by atoms with Gasteiger partial charge in [-0.3, -0.25) is 0 Å². The number of nitriles is 1. The molecule has 1 saturated heterocycles. The summed E-state index contributed by atoms with van der Waals surface area (Å²) in [5.41, 5.74) is 0.414. The van der Waals surface area contributed by atoms with Gasteiger partial charge >= 0.3 is 0 Å². The monoisotopic (exact) mass is 280 g/mol. The molecule has 2 N–H and O–H groups in total. The molecule has 1 aromatic carbocycles. The SMILES string of the molecule is N#Cc1ccc(S(=O)(=O)C[C@H](O)[C@H]2CCCN2)cc1. The number of hydrogen-bond acceptors (Lipinski definition) is 5. The summed E-state index contributed by atoms with van der Waals surface area (Å²) in [5, 5.41) is 21.7. The van der Waals surface area contributed by atoms with E-state index in [0.29, 0.717) is 5.56 Å². The first kappa shape index (κ1) is 14.0. The van der Waals surface area contributed by atoms with Gasteiger partial charge in [0.25, 0.3) is 0 Å². The minimum Gasteiger partial charge on any atom is -0.390 e. The molecule has 2 atom stereocenters. The van der Waals surface area contributed by atoms with Crippen LogP contribution in [0.15, 0.2) is 29.2 Å². The van der Waals surface area contributed by atoms with Crippen molar-refractivity contribution in [2.24, 2.45) is 0 Å². The molecule has 1 heterocycles. The highest BCUT2D eigenvalue weighted by atomic mass is 32.2. The molecule has 0 radical (unpaired) electrons. The lowest BCUT2D eigenvalue weighted by molar-refractivity contribution is 0.157. The Hall–Kier alpha value is -1.42. The number of aliphatic hydroxyl groups excluding tert-OH is 1. The van der Waals surface area contributed by atoms with Crippen LogP contribution in [0.25, 0.3) is 0 Å². The third-order valence-electron chi connectivity index (χ3n) is 3.30. The lowest BCUT2D eigenvalue weighted by Gasteiger charge is -2.18. The van der Waals surface area contributed by atoms with Crippen molar-refractivity contribution in [2.45, 2.75) is 29.9 Å². The smallest absolute Gasteiger partial charge is 0.180 e. The summed E-state index contributed by atoms with van der Waals surface area (Å²) in [7, 11) is -3.52. The van der Waals surface area contributed by atoms with Crippen LogP contribution in [0.4, 0.5) is 0 Å². The molecule has 0 aliphatic carbocycles. The summed E-state index contributed by atoms with van der Waals surface area (Å²) in [5.74, 6) is -0.295. The van der Waals surface area contributed by atoms with Crippen molar-refractivity contribution in [3.8, 4) is 6.07 Å². The van der Waals surface area contributed by atoms with Crippen molar-refractivity contribution in [1.29, 1.82) is 5.26 Å². The molecule has 5 nitrogen and oxygen atoms in total. The second-order valence-electron chi connectivity index (χ2n) is 4.69. The fraction of sp³-hybridized carbons (Fsp3) is 0.462. The molecule has 19 heavy (non-hydrogen) atoms. The van der Waals surface area contributed by atoms with E-state index >= 15 is 0 Å². The standard InChI is InChI=1S/C13H16N2O3S/c14-8-10-3-5-11(6-4-10)19(17,18)9-13(16)12-2-1-7-15-12/h3-6,12-13,15-16H,1-2,7,9H2/t12-,13+/m1/s1. The van der Waals surface area contributed by atoms with Gasteiger partial charge in [0.15, 0.2) is 9.84 Å². The maximum Gasteiger partial charge on any atom is 0.180 e. The van der Waals surface area contributed by atoms with E-state index in [2.05, 4.69) is 5.32 Å². The Balaban J connectivity index is 2.10. The molecule has 6 heteroatoms. The zero-order valence-corrected chi connectivity index (χ0v) is 11.2. The van der Waals surface area contributed by atoms with Crippen molar-refractivity contribution < 1.29 is 13.5 Å². The second kappa shape index (κ2) is 5.70. The highest BCUT2D eigenvalue weighted by molar-refractivity contribution is 7.91. The topological polar surface area (TPSA) is 90.2 Å². The Morgan fingerprint density at radius 3 is 2.63 bits per heavy atom. The summed E-state index contributed by atoms with van der Waals surface area (Å²) in [4.78, 5) is 0.142. The van der Waals surface area contributed by atoms with Crippen molar-refractivity contribution in [1.82, 2.24) is 5.32 Å². The molecule has 0 amide bonds. The van der Waals surface area contributed by atoms with E-state index in [4.69, 9.17) is 5.26 Å². The lowest BCUT2D eigenvalue weighted by atomic mass is 10.1. The summed E-state index contributed by atoms with van der Waals surface area (Å²) < 4.78 is 24.3. The summed E-state index contributed by atoms with van der Waals surface area (Å²) in [6.07, 6.45) is 0.853. The van der Waals surface area contributed by atoms with E-state index in [9.17, 15) is 13.5 Å². The number of rotatable bonds is 4. The summed E-state index contributed by atoms with van der Waals surface area (Å²) in [6, 6.07) is 7.53. The quantitative estimate of drug-likeness (QED) is 0.835. The van der Waals surface area contributed by atoms with Gasteiger partial charge in [-0.2, -0.15) is 5.26 Å². The number of hydrogen-bond donors (Lipinski definition) is 2. The minimum atomic E-state index is -3.52. The molecule has 0 aromatic heterocycles. The van der Waals surface area contributed by atoms with Crippen molar-refractivity contribution in [3.63, 3.8) is 0 Å². The van der Waals surface area contributed by atoms with E-state index in [1.165, 1.54) is 24.3 Å². The van der Waals surface area contributed by atoms with E-state index in [1.54, 1.807) is 0 Å². The predicted octanol–water partition coefficient (Wildman–Crippen LogP) is 0.445. The Morgan fingerprint density at radius 1 is 1.42 bits per heavy atom. The molecule has 0 unspecified atom stereocenters. The molecular formula is C13H16N2O3S.